The van der Waals surface area contributed by atoms with Crippen molar-refractivity contribution < 1.29 is 4.79 Å². The fourth-order valence-corrected chi connectivity index (χ4v) is 1.51. The van der Waals surface area contributed by atoms with Gasteiger partial charge in [0, 0.05) is 11.3 Å². The van der Waals surface area contributed by atoms with E-state index in [0.29, 0.717) is 0 Å². The number of hydrogen-bond acceptors (Lipinski definition) is 2. The number of aryl methyl sites for hydroxylation is 1. The number of nitrogens with two attached hydrogens (primary N) is 1. The minimum Gasteiger partial charge on any atom is -0.369 e. The highest BCUT2D eigenvalue weighted by Gasteiger charge is 2.05. The van der Waals surface area contributed by atoms with Gasteiger partial charge in [-0.25, -0.2) is 0 Å². The third-order valence-corrected chi connectivity index (χ3v) is 2.34. The van der Waals surface area contributed by atoms with Crippen LogP contribution in [0.5, 0.6) is 0 Å². The molecule has 0 saturated carbocycles. The van der Waals surface area contributed by atoms with Crippen LogP contribution in [0, 0.1) is 6.92 Å². The minimum absolute atomic E-state index is 0.193. The predicted octanol–water partition coefficient (Wildman–Crippen LogP) is 1.41. The van der Waals surface area contributed by atoms with Crippen molar-refractivity contribution in [1.82, 2.24) is 10.2 Å². The number of primary amides is 1. The van der Waals surface area contributed by atoms with Gasteiger partial charge < -0.3 is 5.73 Å². The maximum absolute atomic E-state index is 10.7. The highest BCUT2D eigenvalue weighted by molar-refractivity contribution is 5.76. The molecule has 0 aliphatic carbocycles. The van der Waals surface area contributed by atoms with E-state index >= 15 is 0 Å². The van der Waals surface area contributed by atoms with Crippen LogP contribution in [-0.2, 0) is 11.2 Å². The van der Waals surface area contributed by atoms with Gasteiger partial charge in [-0.05, 0) is 13.0 Å². The van der Waals surface area contributed by atoms with Crippen molar-refractivity contribution in [2.75, 3.05) is 0 Å². The van der Waals surface area contributed by atoms with Gasteiger partial charge in [-0.1, -0.05) is 29.8 Å². The Bertz CT molecular complexity index is 499. The first-order chi connectivity index (χ1) is 7.65. The SMILES string of the molecule is Cc1ccc(-c2cc(CC(N)=O)[nH]n2)cc1. The fourth-order valence-electron chi connectivity index (χ4n) is 1.51. The van der Waals surface area contributed by atoms with Gasteiger partial charge in [-0.3, -0.25) is 9.89 Å². The molecule has 1 heterocycles. The van der Waals surface area contributed by atoms with Gasteiger partial charge in [0.1, 0.15) is 0 Å². The molecular weight excluding hydrogens is 202 g/mol. The van der Waals surface area contributed by atoms with Crippen molar-refractivity contribution >= 4 is 5.91 Å². The van der Waals surface area contributed by atoms with Crippen LogP contribution in [0.25, 0.3) is 11.3 Å². The zero-order valence-corrected chi connectivity index (χ0v) is 9.03. The number of hydrogen-bond donors (Lipinski definition) is 2. The van der Waals surface area contributed by atoms with E-state index in [1.54, 1.807) is 0 Å². The highest BCUT2D eigenvalue weighted by atomic mass is 16.1. The van der Waals surface area contributed by atoms with Gasteiger partial charge in [-0.15, -0.1) is 0 Å². The highest BCUT2D eigenvalue weighted by Crippen LogP contribution is 2.18. The van der Waals surface area contributed by atoms with Crippen molar-refractivity contribution in [1.29, 1.82) is 0 Å². The number of aromatic amines is 1. The van der Waals surface area contributed by atoms with Crippen LogP contribution in [-0.4, -0.2) is 16.1 Å². The van der Waals surface area contributed by atoms with Crippen molar-refractivity contribution in [2.45, 2.75) is 13.3 Å². The molecule has 0 aliphatic heterocycles. The van der Waals surface area contributed by atoms with Crippen molar-refractivity contribution in [3.8, 4) is 11.3 Å². The Morgan fingerprint density at radius 2 is 2.06 bits per heavy atom. The Morgan fingerprint density at radius 1 is 1.38 bits per heavy atom. The van der Waals surface area contributed by atoms with E-state index in [0.717, 1.165) is 17.0 Å². The van der Waals surface area contributed by atoms with E-state index in [1.165, 1.54) is 5.56 Å². The topological polar surface area (TPSA) is 71.8 Å². The molecule has 1 amide bonds. The summed E-state index contributed by atoms with van der Waals surface area (Å²) in [6.07, 6.45) is 0.193. The fraction of sp³-hybridized carbons (Fsp3) is 0.167. The van der Waals surface area contributed by atoms with Crippen LogP contribution in [0.1, 0.15) is 11.3 Å². The molecule has 0 saturated heterocycles. The van der Waals surface area contributed by atoms with E-state index in [-0.39, 0.29) is 12.3 Å². The maximum atomic E-state index is 10.7. The Hall–Kier alpha value is -2.10. The van der Waals surface area contributed by atoms with E-state index in [9.17, 15) is 4.79 Å². The molecule has 2 rings (SSSR count). The Balaban J connectivity index is 2.24. The summed E-state index contributed by atoms with van der Waals surface area (Å²) in [6, 6.07) is 9.89. The molecular formula is C12H13N3O. The van der Waals surface area contributed by atoms with Gasteiger partial charge in [-0.2, -0.15) is 5.10 Å². The molecule has 0 fully saturated rings. The second-order valence-electron chi connectivity index (χ2n) is 3.79. The van der Waals surface area contributed by atoms with Crippen LogP contribution in [0.4, 0.5) is 0 Å². The summed E-state index contributed by atoms with van der Waals surface area (Å²) in [4.78, 5) is 10.7. The van der Waals surface area contributed by atoms with Crippen LogP contribution >= 0.6 is 0 Å². The van der Waals surface area contributed by atoms with E-state index in [2.05, 4.69) is 10.2 Å². The molecule has 4 nitrogen and oxygen atoms in total. The molecule has 82 valence electrons. The Kier molecular flexibility index (Phi) is 2.72. The zero-order chi connectivity index (χ0) is 11.5. The second-order valence-corrected chi connectivity index (χ2v) is 3.79. The number of carbonyl (C=O) groups excluding carboxylic acids is 1. The smallest absolute Gasteiger partial charge is 0.223 e. The number of nitrogens with one attached hydrogen (secondary N) is 1. The molecule has 1 aromatic carbocycles. The Morgan fingerprint density at radius 3 is 2.69 bits per heavy atom. The first-order valence-electron chi connectivity index (χ1n) is 5.05. The lowest BCUT2D eigenvalue weighted by Crippen LogP contribution is -2.13. The summed E-state index contributed by atoms with van der Waals surface area (Å²) in [5, 5.41) is 6.94. The molecule has 4 heteroatoms. The largest absolute Gasteiger partial charge is 0.369 e. The molecule has 3 N–H and O–H groups in total. The monoisotopic (exact) mass is 215 g/mol. The molecule has 0 spiro atoms. The third-order valence-electron chi connectivity index (χ3n) is 2.34. The summed E-state index contributed by atoms with van der Waals surface area (Å²) < 4.78 is 0. The first kappa shape index (κ1) is 10.4. The molecule has 0 radical (unpaired) electrons. The number of rotatable bonds is 3. The normalized spacial score (nSPS) is 10.3. The van der Waals surface area contributed by atoms with E-state index in [1.807, 2.05) is 37.3 Å². The predicted molar refractivity (Wildman–Crippen MR) is 61.7 cm³/mol. The number of benzene rings is 1. The molecule has 1 aromatic heterocycles. The number of amides is 1. The summed E-state index contributed by atoms with van der Waals surface area (Å²) in [6.45, 7) is 2.03. The van der Waals surface area contributed by atoms with Gasteiger partial charge >= 0.3 is 0 Å². The maximum Gasteiger partial charge on any atom is 0.223 e. The average molecular weight is 215 g/mol. The Labute approximate surface area is 93.5 Å². The van der Waals surface area contributed by atoms with Gasteiger partial charge in [0.25, 0.3) is 0 Å². The lowest BCUT2D eigenvalue weighted by atomic mass is 10.1. The molecule has 0 aliphatic rings. The van der Waals surface area contributed by atoms with Crippen LogP contribution < -0.4 is 5.73 Å². The number of H-pyrrole nitrogens is 1. The van der Waals surface area contributed by atoms with Crippen LogP contribution in [0.2, 0.25) is 0 Å². The van der Waals surface area contributed by atoms with Gasteiger partial charge in [0.15, 0.2) is 0 Å². The summed E-state index contributed by atoms with van der Waals surface area (Å²) in [5.41, 5.74) is 8.91. The number of carbonyl (C=O) groups is 1. The third kappa shape index (κ3) is 2.28. The average Bonchev–Trinajstić information content (AvgIpc) is 2.66. The minimum atomic E-state index is -0.362. The summed E-state index contributed by atoms with van der Waals surface area (Å²) in [5.74, 6) is -0.362. The molecule has 16 heavy (non-hydrogen) atoms. The first-order valence-corrected chi connectivity index (χ1v) is 5.05. The van der Waals surface area contributed by atoms with Crippen LogP contribution in [0.15, 0.2) is 30.3 Å². The van der Waals surface area contributed by atoms with Crippen LogP contribution in [0.3, 0.4) is 0 Å². The number of nitrogens with zero attached hydrogens (tertiary/aromatic N) is 1. The quantitative estimate of drug-likeness (QED) is 0.812. The van der Waals surface area contributed by atoms with E-state index < -0.39 is 0 Å². The lowest BCUT2D eigenvalue weighted by Gasteiger charge is -1.96. The molecule has 0 bridgehead atoms. The van der Waals surface area contributed by atoms with Crippen molar-refractivity contribution in [2.24, 2.45) is 5.73 Å². The second kappa shape index (κ2) is 4.18. The lowest BCUT2D eigenvalue weighted by molar-refractivity contribution is -0.117. The summed E-state index contributed by atoms with van der Waals surface area (Å²) in [7, 11) is 0. The standard InChI is InChI=1S/C12H13N3O/c1-8-2-4-9(5-3-8)11-6-10(14-15-11)7-12(13)16/h2-6H,7H2,1H3,(H2,13,16)(H,14,15). The van der Waals surface area contributed by atoms with Gasteiger partial charge in [0.05, 0.1) is 12.1 Å². The zero-order valence-electron chi connectivity index (χ0n) is 9.03. The molecule has 0 unspecified atom stereocenters. The molecule has 2 aromatic rings. The van der Waals surface area contributed by atoms with Gasteiger partial charge in [0.2, 0.25) is 5.91 Å². The summed E-state index contributed by atoms with van der Waals surface area (Å²) >= 11 is 0. The van der Waals surface area contributed by atoms with Crippen molar-refractivity contribution in [3.63, 3.8) is 0 Å². The van der Waals surface area contributed by atoms with E-state index in [4.69, 9.17) is 5.73 Å². The number of aromatic nitrogens is 2. The van der Waals surface area contributed by atoms with Crippen molar-refractivity contribution in [3.05, 3.63) is 41.6 Å². The molecule has 0 atom stereocenters.